The van der Waals surface area contributed by atoms with Gasteiger partial charge in [-0.05, 0) is 61.5 Å². The van der Waals surface area contributed by atoms with Crippen LogP contribution in [-0.4, -0.2) is 24.3 Å². The highest BCUT2D eigenvalue weighted by Gasteiger charge is 2.18. The molecular weight excluding hydrogens is 470 g/mol. The zero-order valence-electron chi connectivity index (χ0n) is 17.0. The number of hydrogen-bond acceptors (Lipinski definition) is 6. The van der Waals surface area contributed by atoms with Crippen molar-refractivity contribution in [2.24, 2.45) is 0 Å². The molecule has 0 spiro atoms. The van der Waals surface area contributed by atoms with Gasteiger partial charge in [0.25, 0.3) is 15.9 Å². The van der Waals surface area contributed by atoms with E-state index in [2.05, 4.69) is 20.0 Å². The molecule has 0 saturated carbocycles. The van der Waals surface area contributed by atoms with Crippen LogP contribution in [0.15, 0.2) is 71.8 Å². The number of carbonyl (C=O) groups excluding carboxylic acids is 1. The summed E-state index contributed by atoms with van der Waals surface area (Å²) < 4.78 is 53.5. The normalized spacial score (nSPS) is 11.2. The minimum atomic E-state index is -4.12. The molecule has 0 unspecified atom stereocenters. The number of nitrogens with zero attached hydrogens (tertiary/aromatic N) is 2. The van der Waals surface area contributed by atoms with Crippen LogP contribution in [0.25, 0.3) is 10.7 Å². The summed E-state index contributed by atoms with van der Waals surface area (Å²) in [5.74, 6) is -2.76. The second-order valence-electron chi connectivity index (χ2n) is 6.86. The SMILES string of the molecule is Cc1nc(-c2ccccn2)sc1C(=O)Nc1ccc(NS(=O)(=O)c2ccc(F)c(F)c2)cc1. The van der Waals surface area contributed by atoms with Crippen LogP contribution in [0.2, 0.25) is 0 Å². The van der Waals surface area contributed by atoms with Crippen LogP contribution in [0.3, 0.4) is 0 Å². The minimum absolute atomic E-state index is 0.184. The Bertz CT molecular complexity index is 1420. The summed E-state index contributed by atoms with van der Waals surface area (Å²) in [6.45, 7) is 1.73. The quantitative estimate of drug-likeness (QED) is 0.406. The minimum Gasteiger partial charge on any atom is -0.321 e. The standard InChI is InChI=1S/C22H16F2N4O3S2/c1-13-20(32-22(26-13)19-4-2-3-11-25-19)21(29)27-14-5-7-15(8-6-14)28-33(30,31)16-9-10-17(23)18(24)12-16/h2-12,28H,1H3,(H,27,29). The third-order valence-corrected chi connectivity index (χ3v) is 7.04. The first-order valence-corrected chi connectivity index (χ1v) is 11.8. The zero-order valence-corrected chi connectivity index (χ0v) is 18.7. The van der Waals surface area contributed by atoms with Gasteiger partial charge in [-0.3, -0.25) is 14.5 Å². The summed E-state index contributed by atoms with van der Waals surface area (Å²) in [4.78, 5) is 21.4. The Hall–Kier alpha value is -3.70. The molecule has 168 valence electrons. The number of aromatic nitrogens is 2. The summed E-state index contributed by atoms with van der Waals surface area (Å²) in [6.07, 6.45) is 1.65. The predicted octanol–water partition coefficient (Wildman–Crippen LogP) is 4.84. The molecule has 0 bridgehead atoms. The number of nitrogens with one attached hydrogen (secondary N) is 2. The molecule has 1 amide bonds. The second kappa shape index (κ2) is 9.04. The third kappa shape index (κ3) is 5.04. The third-order valence-electron chi connectivity index (χ3n) is 4.48. The van der Waals surface area contributed by atoms with Gasteiger partial charge in [0, 0.05) is 17.6 Å². The van der Waals surface area contributed by atoms with Gasteiger partial charge in [-0.25, -0.2) is 22.2 Å². The summed E-state index contributed by atoms with van der Waals surface area (Å²) in [5, 5.41) is 3.37. The molecule has 33 heavy (non-hydrogen) atoms. The van der Waals surface area contributed by atoms with Crippen molar-refractivity contribution in [1.82, 2.24) is 9.97 Å². The Kier molecular flexibility index (Phi) is 6.16. The molecule has 4 rings (SSSR count). The first-order chi connectivity index (χ1) is 15.7. The summed E-state index contributed by atoms with van der Waals surface area (Å²) >= 11 is 1.22. The maximum Gasteiger partial charge on any atom is 0.267 e. The van der Waals surface area contributed by atoms with Crippen molar-refractivity contribution in [2.45, 2.75) is 11.8 Å². The fraction of sp³-hybridized carbons (Fsp3) is 0.0455. The van der Waals surface area contributed by atoms with Gasteiger partial charge in [-0.15, -0.1) is 11.3 Å². The first kappa shape index (κ1) is 22.5. The molecule has 0 radical (unpaired) electrons. The number of halogens is 2. The largest absolute Gasteiger partial charge is 0.321 e. The molecule has 2 heterocycles. The Morgan fingerprint density at radius 1 is 0.970 bits per heavy atom. The Morgan fingerprint density at radius 2 is 1.70 bits per heavy atom. The molecule has 0 fully saturated rings. The lowest BCUT2D eigenvalue weighted by molar-refractivity contribution is 0.103. The van der Waals surface area contributed by atoms with Gasteiger partial charge in [0.1, 0.15) is 9.88 Å². The average Bonchev–Trinajstić information content (AvgIpc) is 3.19. The van der Waals surface area contributed by atoms with Gasteiger partial charge >= 0.3 is 0 Å². The van der Waals surface area contributed by atoms with Gasteiger partial charge in [0.15, 0.2) is 11.6 Å². The maximum atomic E-state index is 13.4. The van der Waals surface area contributed by atoms with E-state index in [4.69, 9.17) is 0 Å². The number of hydrogen-bond donors (Lipinski definition) is 2. The number of benzene rings is 2. The molecule has 2 aromatic carbocycles. The van der Waals surface area contributed by atoms with Crippen LogP contribution < -0.4 is 10.0 Å². The molecule has 0 atom stereocenters. The highest BCUT2D eigenvalue weighted by Crippen LogP contribution is 2.27. The molecule has 7 nitrogen and oxygen atoms in total. The van der Waals surface area contributed by atoms with Crippen LogP contribution in [-0.2, 0) is 10.0 Å². The Morgan fingerprint density at radius 3 is 2.36 bits per heavy atom. The van der Waals surface area contributed by atoms with E-state index in [-0.39, 0.29) is 11.6 Å². The molecule has 11 heteroatoms. The average molecular weight is 487 g/mol. The van der Waals surface area contributed by atoms with Gasteiger partial charge < -0.3 is 5.32 Å². The molecule has 2 N–H and O–H groups in total. The van der Waals surface area contributed by atoms with E-state index in [9.17, 15) is 22.0 Å². The molecule has 0 saturated heterocycles. The van der Waals surface area contributed by atoms with Crippen molar-refractivity contribution in [1.29, 1.82) is 0 Å². The lowest BCUT2D eigenvalue weighted by atomic mass is 10.3. The van der Waals surface area contributed by atoms with E-state index < -0.39 is 26.6 Å². The van der Waals surface area contributed by atoms with E-state index in [0.29, 0.717) is 33.0 Å². The van der Waals surface area contributed by atoms with E-state index in [1.165, 1.54) is 35.6 Å². The lowest BCUT2D eigenvalue weighted by Crippen LogP contribution is -2.14. The van der Waals surface area contributed by atoms with Crippen molar-refractivity contribution < 1.29 is 22.0 Å². The van der Waals surface area contributed by atoms with Gasteiger partial charge in [0.05, 0.1) is 16.3 Å². The fourth-order valence-corrected chi connectivity index (χ4v) is 4.88. The van der Waals surface area contributed by atoms with E-state index in [0.717, 1.165) is 12.1 Å². The van der Waals surface area contributed by atoms with Crippen LogP contribution >= 0.6 is 11.3 Å². The number of sulfonamides is 1. The van der Waals surface area contributed by atoms with Crippen LogP contribution in [0.1, 0.15) is 15.4 Å². The molecule has 2 aromatic heterocycles. The van der Waals surface area contributed by atoms with E-state index in [1.807, 2.05) is 6.07 Å². The first-order valence-electron chi connectivity index (χ1n) is 9.51. The summed E-state index contributed by atoms with van der Waals surface area (Å²) in [5.41, 5.74) is 1.85. The number of anilines is 2. The molecule has 4 aromatic rings. The molecule has 0 aliphatic carbocycles. The van der Waals surface area contributed by atoms with Crippen LogP contribution in [0.5, 0.6) is 0 Å². The Labute approximate surface area is 192 Å². The fourth-order valence-electron chi connectivity index (χ4n) is 2.87. The topological polar surface area (TPSA) is 101 Å². The smallest absolute Gasteiger partial charge is 0.267 e. The number of rotatable bonds is 6. The van der Waals surface area contributed by atoms with Crippen molar-refractivity contribution in [3.8, 4) is 10.7 Å². The van der Waals surface area contributed by atoms with Crippen molar-refractivity contribution in [2.75, 3.05) is 10.0 Å². The van der Waals surface area contributed by atoms with E-state index >= 15 is 0 Å². The highest BCUT2D eigenvalue weighted by atomic mass is 32.2. The predicted molar refractivity (Wildman–Crippen MR) is 122 cm³/mol. The Balaban J connectivity index is 1.46. The monoisotopic (exact) mass is 486 g/mol. The van der Waals surface area contributed by atoms with Gasteiger partial charge in [0.2, 0.25) is 0 Å². The maximum absolute atomic E-state index is 13.4. The number of amides is 1. The van der Waals surface area contributed by atoms with Crippen LogP contribution in [0.4, 0.5) is 20.2 Å². The second-order valence-corrected chi connectivity index (χ2v) is 9.54. The van der Waals surface area contributed by atoms with Gasteiger partial charge in [-0.1, -0.05) is 6.07 Å². The molecule has 0 aliphatic heterocycles. The number of aryl methyl sites for hydroxylation is 1. The number of thiazole rings is 1. The number of carbonyl (C=O) groups is 1. The lowest BCUT2D eigenvalue weighted by Gasteiger charge is -2.10. The zero-order chi connectivity index (χ0) is 23.6. The summed E-state index contributed by atoms with van der Waals surface area (Å²) in [6, 6.07) is 13.6. The molecule has 0 aliphatic rings. The van der Waals surface area contributed by atoms with E-state index in [1.54, 1.807) is 25.3 Å². The molecular formula is C22H16F2N4O3S2. The highest BCUT2D eigenvalue weighted by molar-refractivity contribution is 7.92. The summed E-state index contributed by atoms with van der Waals surface area (Å²) in [7, 11) is -4.12. The van der Waals surface area contributed by atoms with Crippen molar-refractivity contribution >= 4 is 38.6 Å². The van der Waals surface area contributed by atoms with Gasteiger partial charge in [-0.2, -0.15) is 0 Å². The van der Waals surface area contributed by atoms with Crippen LogP contribution in [0, 0.1) is 18.6 Å². The van der Waals surface area contributed by atoms with Crippen molar-refractivity contribution in [3.63, 3.8) is 0 Å². The van der Waals surface area contributed by atoms with Crippen molar-refractivity contribution in [3.05, 3.63) is 89.1 Å². The number of pyridine rings is 1.